The lowest BCUT2D eigenvalue weighted by molar-refractivity contribution is 1.18. The van der Waals surface area contributed by atoms with Crippen LogP contribution in [-0.2, 0) is 0 Å². The lowest BCUT2D eigenvalue weighted by atomic mass is 9.99. The first-order chi connectivity index (χ1) is 24.8. The number of aromatic nitrogens is 3. The second kappa shape index (κ2) is 12.1. The van der Waals surface area contributed by atoms with Crippen LogP contribution in [0, 0.1) is 0 Å². The van der Waals surface area contributed by atoms with Crippen LogP contribution in [-0.4, -0.2) is 15.0 Å². The van der Waals surface area contributed by atoms with Crippen molar-refractivity contribution in [1.82, 2.24) is 15.0 Å². The fourth-order valence-corrected chi connectivity index (χ4v) is 5.62. The van der Waals surface area contributed by atoms with Crippen molar-refractivity contribution in [2.45, 2.75) is 0 Å². The highest BCUT2D eigenvalue weighted by atomic mass is 14.9. The van der Waals surface area contributed by atoms with Crippen molar-refractivity contribution < 1.29 is 6.85 Å². The molecule has 0 aliphatic heterocycles. The van der Waals surface area contributed by atoms with Crippen molar-refractivity contribution in [2.24, 2.45) is 0 Å². The molecule has 0 N–H and O–H groups in total. The van der Waals surface area contributed by atoms with Crippen molar-refractivity contribution >= 4 is 10.8 Å². The minimum Gasteiger partial charge on any atom is -0.264 e. The zero-order valence-corrected chi connectivity index (χ0v) is 24.7. The predicted molar refractivity (Wildman–Crippen MR) is 190 cm³/mol. The fraction of sp³-hybridized carbons (Fsp3) is 0. The van der Waals surface area contributed by atoms with E-state index in [-0.39, 0.29) is 29.7 Å². The summed E-state index contributed by atoms with van der Waals surface area (Å²) in [6, 6.07) is 42.8. The highest BCUT2D eigenvalue weighted by Gasteiger charge is 2.12. The van der Waals surface area contributed by atoms with E-state index in [1.54, 1.807) is 18.3 Å². The van der Waals surface area contributed by atoms with Gasteiger partial charge in [-0.25, -0.2) is 9.97 Å². The number of pyridine rings is 1. The summed E-state index contributed by atoms with van der Waals surface area (Å²) in [5.41, 5.74) is 9.03. The smallest absolute Gasteiger partial charge is 0.160 e. The fourth-order valence-electron chi connectivity index (χ4n) is 5.62. The number of hydrogen-bond donors (Lipinski definition) is 0. The van der Waals surface area contributed by atoms with Gasteiger partial charge >= 0.3 is 0 Å². The molecule has 0 unspecified atom stereocenters. The Balaban J connectivity index is 1.19. The Morgan fingerprint density at radius 2 is 0.935 bits per heavy atom. The molecule has 3 heteroatoms. The van der Waals surface area contributed by atoms with Gasteiger partial charge in [-0.3, -0.25) is 4.98 Å². The maximum Gasteiger partial charge on any atom is 0.160 e. The van der Waals surface area contributed by atoms with Crippen LogP contribution in [0.25, 0.3) is 78.1 Å². The Labute approximate surface area is 275 Å². The summed E-state index contributed by atoms with van der Waals surface area (Å²) in [6.45, 7) is 0. The van der Waals surface area contributed by atoms with Gasteiger partial charge in [0, 0.05) is 29.1 Å². The molecule has 0 saturated carbocycles. The van der Waals surface area contributed by atoms with Gasteiger partial charge in [0.2, 0.25) is 0 Å². The molecular weight excluding hydrogens is 558 g/mol. The first-order valence-electron chi connectivity index (χ1n) is 17.5. The third kappa shape index (κ3) is 5.58. The summed E-state index contributed by atoms with van der Waals surface area (Å²) in [4.78, 5) is 14.3. The zero-order valence-electron chi connectivity index (χ0n) is 29.7. The summed E-state index contributed by atoms with van der Waals surface area (Å²) < 4.78 is 41.0. The Bertz CT molecular complexity index is 2530. The van der Waals surface area contributed by atoms with E-state index in [9.17, 15) is 0 Å². The van der Waals surface area contributed by atoms with E-state index in [4.69, 9.17) is 16.8 Å². The van der Waals surface area contributed by atoms with Crippen LogP contribution >= 0.6 is 0 Å². The van der Waals surface area contributed by atoms with E-state index in [2.05, 4.69) is 59.6 Å². The molecule has 3 nitrogen and oxygen atoms in total. The average molecular weight is 593 g/mol. The monoisotopic (exact) mass is 592 g/mol. The molecule has 8 aromatic rings. The summed E-state index contributed by atoms with van der Waals surface area (Å²) in [6.07, 6.45) is 3.60. The molecule has 2 aromatic heterocycles. The van der Waals surface area contributed by atoms with Crippen LogP contribution in [0.1, 0.15) is 6.85 Å². The molecule has 0 aliphatic carbocycles. The van der Waals surface area contributed by atoms with E-state index < -0.39 is 6.04 Å². The second-order valence-corrected chi connectivity index (χ2v) is 11.0. The second-order valence-electron chi connectivity index (χ2n) is 11.0. The zero-order chi connectivity index (χ0) is 35.1. The predicted octanol–water partition coefficient (Wildman–Crippen LogP) is 11.0. The summed E-state index contributed by atoms with van der Waals surface area (Å²) in [5.74, 6) is 0.568. The number of rotatable bonds is 6. The van der Waals surface area contributed by atoms with Crippen molar-refractivity contribution in [1.29, 1.82) is 0 Å². The van der Waals surface area contributed by atoms with Gasteiger partial charge < -0.3 is 0 Å². The Hall–Kier alpha value is -6.19. The number of hydrogen-bond acceptors (Lipinski definition) is 3. The number of benzene rings is 6. The van der Waals surface area contributed by atoms with E-state index in [1.807, 2.05) is 72.9 Å². The largest absolute Gasteiger partial charge is 0.264 e. The Morgan fingerprint density at radius 3 is 1.57 bits per heavy atom. The molecule has 216 valence electrons. The molecule has 0 bridgehead atoms. The van der Waals surface area contributed by atoms with Gasteiger partial charge in [-0.1, -0.05) is 145 Å². The van der Waals surface area contributed by atoms with Crippen LogP contribution in [0.15, 0.2) is 176 Å². The molecule has 46 heavy (non-hydrogen) atoms. The van der Waals surface area contributed by atoms with Crippen LogP contribution in [0.3, 0.4) is 0 Å². The van der Waals surface area contributed by atoms with E-state index >= 15 is 0 Å². The molecular formula is C43H29N3. The third-order valence-corrected chi connectivity index (χ3v) is 8.10. The molecule has 0 spiro atoms. The standard InChI is InChI=1S/C43H29N3/c1-2-7-30(8-3-1)32-12-19-35(20-13-32)41-28-42(36-21-14-34(15-22-36)40-11-6-26-44-29-40)46-43(45-41)37-23-16-33(17-24-37)39-25-18-31-9-4-5-10-38(31)27-39/h1-29H/i1D,2D,3D,7D,8D. The third-order valence-electron chi connectivity index (χ3n) is 8.10. The molecule has 0 atom stereocenters. The minimum atomic E-state index is -0.412. The van der Waals surface area contributed by atoms with Gasteiger partial charge in [0.05, 0.1) is 18.2 Å². The van der Waals surface area contributed by atoms with Crippen molar-refractivity contribution in [3.63, 3.8) is 0 Å². The Kier molecular flexibility index (Phi) is 5.86. The number of fused-ring (bicyclic) bond motifs is 1. The topological polar surface area (TPSA) is 38.7 Å². The van der Waals surface area contributed by atoms with Gasteiger partial charge in [0.15, 0.2) is 5.82 Å². The van der Waals surface area contributed by atoms with Crippen LogP contribution < -0.4 is 0 Å². The van der Waals surface area contributed by atoms with E-state index in [0.29, 0.717) is 17.1 Å². The maximum absolute atomic E-state index is 8.42. The van der Waals surface area contributed by atoms with Gasteiger partial charge in [-0.2, -0.15) is 0 Å². The van der Waals surface area contributed by atoms with Crippen LogP contribution in [0.4, 0.5) is 0 Å². The summed E-state index contributed by atoms with van der Waals surface area (Å²) in [5, 5.41) is 2.39. The van der Waals surface area contributed by atoms with E-state index in [0.717, 1.165) is 44.6 Å². The number of nitrogens with zero attached hydrogens (tertiary/aromatic N) is 3. The van der Waals surface area contributed by atoms with Crippen LogP contribution in [0.2, 0.25) is 0 Å². The SMILES string of the molecule is [2H]c1c([2H])c([2H])c(-c2ccc(-c3cc(-c4ccc(-c5cccnc5)cc4)nc(-c4ccc(-c5ccc6ccccc6c5)cc4)n3)cc2)c([2H])c1[2H]. The summed E-state index contributed by atoms with van der Waals surface area (Å²) in [7, 11) is 0. The minimum absolute atomic E-state index is 0.164. The molecule has 0 aliphatic rings. The van der Waals surface area contributed by atoms with Crippen LogP contribution in [0.5, 0.6) is 0 Å². The van der Waals surface area contributed by atoms with Gasteiger partial charge in [0.1, 0.15) is 0 Å². The van der Waals surface area contributed by atoms with Crippen molar-refractivity contribution in [2.75, 3.05) is 0 Å². The summed E-state index contributed by atoms with van der Waals surface area (Å²) >= 11 is 0. The molecule has 8 rings (SSSR count). The van der Waals surface area contributed by atoms with Crippen molar-refractivity contribution in [3.8, 4) is 67.3 Å². The molecule has 0 radical (unpaired) electrons. The van der Waals surface area contributed by atoms with Crippen molar-refractivity contribution in [3.05, 3.63) is 176 Å². The Morgan fingerprint density at radius 1 is 0.391 bits per heavy atom. The first kappa shape index (κ1) is 22.3. The molecule has 0 fully saturated rings. The highest BCUT2D eigenvalue weighted by molar-refractivity contribution is 5.87. The molecule has 6 aromatic carbocycles. The van der Waals surface area contributed by atoms with Gasteiger partial charge in [-0.15, -0.1) is 0 Å². The molecule has 0 saturated heterocycles. The van der Waals surface area contributed by atoms with E-state index in [1.165, 1.54) is 10.8 Å². The molecule has 2 heterocycles. The maximum atomic E-state index is 8.42. The highest BCUT2D eigenvalue weighted by Crippen LogP contribution is 2.32. The quantitative estimate of drug-likeness (QED) is 0.193. The molecule has 0 amide bonds. The first-order valence-corrected chi connectivity index (χ1v) is 15.0. The van der Waals surface area contributed by atoms with Gasteiger partial charge in [0.25, 0.3) is 0 Å². The normalized spacial score (nSPS) is 12.6. The average Bonchev–Trinajstić information content (AvgIpc) is 3.20. The van der Waals surface area contributed by atoms with Gasteiger partial charge in [-0.05, 0) is 62.4 Å². The lowest BCUT2D eigenvalue weighted by Crippen LogP contribution is -1.96. The lowest BCUT2D eigenvalue weighted by Gasteiger charge is -2.11.